The minimum absolute atomic E-state index is 0.171. The number of nitrogens with zero attached hydrogens (tertiary/aromatic N) is 1. The first-order valence-electron chi connectivity index (χ1n) is 7.15. The molecule has 0 unspecified atom stereocenters. The van der Waals surface area contributed by atoms with Crippen molar-refractivity contribution in [2.24, 2.45) is 5.92 Å². The fourth-order valence-electron chi connectivity index (χ4n) is 1.82. The van der Waals surface area contributed by atoms with Crippen LogP contribution >= 0.6 is 11.6 Å². The molecular weight excluding hydrogens is 324 g/mol. The average Bonchev–Trinajstić information content (AvgIpc) is 2.41. The van der Waals surface area contributed by atoms with Gasteiger partial charge in [0.1, 0.15) is 0 Å². The van der Waals surface area contributed by atoms with E-state index in [0.717, 1.165) is 11.8 Å². The van der Waals surface area contributed by atoms with Crippen LogP contribution < -0.4 is 5.32 Å². The predicted octanol–water partition coefficient (Wildman–Crippen LogP) is 2.26. The molecule has 0 aliphatic carbocycles. The van der Waals surface area contributed by atoms with Crippen molar-refractivity contribution in [3.8, 4) is 0 Å². The molecule has 0 bridgehead atoms. The van der Waals surface area contributed by atoms with Crippen LogP contribution in [-0.2, 0) is 21.4 Å². The van der Waals surface area contributed by atoms with Gasteiger partial charge in [-0.2, -0.15) is 4.31 Å². The standard InChI is InChI=1S/C15H23ClN2O3S/c1-12(2)8-9-18(22(3,20)21)11-15(19)17-10-13-6-4-5-7-14(13)16/h4-7,12H,8-11H2,1-3H3,(H,17,19). The molecule has 7 heteroatoms. The highest BCUT2D eigenvalue weighted by atomic mass is 35.5. The summed E-state index contributed by atoms with van der Waals surface area (Å²) in [4.78, 5) is 12.0. The fourth-order valence-corrected chi connectivity index (χ4v) is 2.81. The highest BCUT2D eigenvalue weighted by Crippen LogP contribution is 2.14. The van der Waals surface area contributed by atoms with E-state index in [4.69, 9.17) is 11.6 Å². The molecule has 0 aromatic heterocycles. The van der Waals surface area contributed by atoms with Crippen molar-refractivity contribution in [1.82, 2.24) is 9.62 Å². The number of benzene rings is 1. The van der Waals surface area contributed by atoms with E-state index in [2.05, 4.69) is 5.32 Å². The van der Waals surface area contributed by atoms with Crippen molar-refractivity contribution < 1.29 is 13.2 Å². The highest BCUT2D eigenvalue weighted by Gasteiger charge is 2.20. The molecule has 0 atom stereocenters. The third kappa shape index (κ3) is 6.77. The number of rotatable bonds is 8. The highest BCUT2D eigenvalue weighted by molar-refractivity contribution is 7.88. The van der Waals surface area contributed by atoms with E-state index in [-0.39, 0.29) is 19.0 Å². The molecule has 1 N–H and O–H groups in total. The minimum Gasteiger partial charge on any atom is -0.351 e. The first-order chi connectivity index (χ1) is 10.2. The second kappa shape index (κ2) is 8.50. The van der Waals surface area contributed by atoms with Gasteiger partial charge in [0.25, 0.3) is 0 Å². The Morgan fingerprint density at radius 1 is 1.32 bits per heavy atom. The lowest BCUT2D eigenvalue weighted by Crippen LogP contribution is -2.40. The van der Waals surface area contributed by atoms with Crippen LogP contribution in [-0.4, -0.2) is 38.0 Å². The first-order valence-corrected chi connectivity index (χ1v) is 9.38. The lowest BCUT2D eigenvalue weighted by molar-refractivity contribution is -0.121. The molecule has 1 amide bonds. The van der Waals surface area contributed by atoms with Crippen LogP contribution in [0.5, 0.6) is 0 Å². The number of carbonyl (C=O) groups is 1. The number of halogens is 1. The van der Waals surface area contributed by atoms with Gasteiger partial charge in [-0.15, -0.1) is 0 Å². The minimum atomic E-state index is -3.40. The van der Waals surface area contributed by atoms with Crippen LogP contribution in [0.1, 0.15) is 25.8 Å². The number of hydrogen-bond donors (Lipinski definition) is 1. The maximum atomic E-state index is 12.0. The molecule has 22 heavy (non-hydrogen) atoms. The van der Waals surface area contributed by atoms with Crippen molar-refractivity contribution in [2.45, 2.75) is 26.8 Å². The van der Waals surface area contributed by atoms with E-state index in [0.29, 0.717) is 23.9 Å². The van der Waals surface area contributed by atoms with Gasteiger partial charge in [0.15, 0.2) is 0 Å². The van der Waals surface area contributed by atoms with Gasteiger partial charge in [-0.05, 0) is 24.0 Å². The molecule has 5 nitrogen and oxygen atoms in total. The number of hydrogen-bond acceptors (Lipinski definition) is 3. The molecule has 0 radical (unpaired) electrons. The van der Waals surface area contributed by atoms with Gasteiger partial charge in [0.2, 0.25) is 15.9 Å². The molecule has 0 spiro atoms. The Kier molecular flexibility index (Phi) is 7.32. The number of nitrogens with one attached hydrogen (secondary N) is 1. The third-order valence-electron chi connectivity index (χ3n) is 3.18. The molecule has 0 aliphatic rings. The summed E-state index contributed by atoms with van der Waals surface area (Å²) in [6, 6.07) is 7.20. The summed E-state index contributed by atoms with van der Waals surface area (Å²) >= 11 is 6.01. The van der Waals surface area contributed by atoms with Crippen molar-refractivity contribution >= 4 is 27.5 Å². The van der Waals surface area contributed by atoms with Gasteiger partial charge in [0, 0.05) is 18.1 Å². The summed E-state index contributed by atoms with van der Waals surface area (Å²) in [5.74, 6) is 0.0320. The zero-order valence-corrected chi connectivity index (χ0v) is 14.7. The van der Waals surface area contributed by atoms with Gasteiger partial charge in [-0.1, -0.05) is 43.6 Å². The number of sulfonamides is 1. The van der Waals surface area contributed by atoms with Crippen molar-refractivity contribution in [1.29, 1.82) is 0 Å². The second-order valence-corrected chi connectivity index (χ2v) is 8.04. The SMILES string of the molecule is CC(C)CCN(CC(=O)NCc1ccccc1Cl)S(C)(=O)=O. The monoisotopic (exact) mass is 346 g/mol. The quantitative estimate of drug-likeness (QED) is 0.785. The lowest BCUT2D eigenvalue weighted by Gasteiger charge is -2.20. The fraction of sp³-hybridized carbons (Fsp3) is 0.533. The van der Waals surface area contributed by atoms with Crippen LogP contribution in [0.15, 0.2) is 24.3 Å². The van der Waals surface area contributed by atoms with Crippen molar-refractivity contribution in [3.05, 3.63) is 34.9 Å². The van der Waals surface area contributed by atoms with E-state index in [1.165, 1.54) is 4.31 Å². The Balaban J connectivity index is 2.58. The van der Waals surface area contributed by atoms with Gasteiger partial charge < -0.3 is 5.32 Å². The zero-order chi connectivity index (χ0) is 16.8. The van der Waals surface area contributed by atoms with E-state index in [9.17, 15) is 13.2 Å². The third-order valence-corrected chi connectivity index (χ3v) is 4.80. The van der Waals surface area contributed by atoms with E-state index < -0.39 is 10.0 Å². The van der Waals surface area contributed by atoms with Crippen LogP contribution in [0.4, 0.5) is 0 Å². The van der Waals surface area contributed by atoms with E-state index >= 15 is 0 Å². The second-order valence-electron chi connectivity index (χ2n) is 5.65. The summed E-state index contributed by atoms with van der Waals surface area (Å²) in [5, 5.41) is 3.27. The Hall–Kier alpha value is -1.11. The Morgan fingerprint density at radius 3 is 2.50 bits per heavy atom. The van der Waals surface area contributed by atoms with E-state index in [1.54, 1.807) is 6.07 Å². The number of carbonyl (C=O) groups excluding carboxylic acids is 1. The van der Waals surface area contributed by atoms with Crippen LogP contribution in [0.2, 0.25) is 5.02 Å². The molecule has 0 saturated heterocycles. The maximum absolute atomic E-state index is 12.0. The van der Waals surface area contributed by atoms with Crippen LogP contribution in [0, 0.1) is 5.92 Å². The Bertz CT molecular complexity index is 603. The normalized spacial score (nSPS) is 11.9. The van der Waals surface area contributed by atoms with Crippen LogP contribution in [0.25, 0.3) is 0 Å². The first kappa shape index (κ1) is 18.9. The molecule has 0 aliphatic heterocycles. The molecule has 1 aromatic carbocycles. The van der Waals surface area contributed by atoms with E-state index in [1.807, 2.05) is 32.0 Å². The van der Waals surface area contributed by atoms with Crippen LogP contribution in [0.3, 0.4) is 0 Å². The predicted molar refractivity (Wildman–Crippen MR) is 89.2 cm³/mol. The average molecular weight is 347 g/mol. The van der Waals surface area contributed by atoms with Gasteiger partial charge in [0.05, 0.1) is 12.8 Å². The zero-order valence-electron chi connectivity index (χ0n) is 13.2. The summed E-state index contributed by atoms with van der Waals surface area (Å²) in [6.07, 6.45) is 1.83. The number of amides is 1. The molecule has 0 saturated carbocycles. The van der Waals surface area contributed by atoms with Gasteiger partial charge >= 0.3 is 0 Å². The smallest absolute Gasteiger partial charge is 0.235 e. The molecule has 1 rings (SSSR count). The largest absolute Gasteiger partial charge is 0.351 e. The summed E-state index contributed by atoms with van der Waals surface area (Å²) < 4.78 is 24.7. The summed E-state index contributed by atoms with van der Waals surface area (Å²) in [7, 11) is -3.40. The lowest BCUT2D eigenvalue weighted by atomic mass is 10.1. The Labute approximate surface area is 137 Å². The van der Waals surface area contributed by atoms with Gasteiger partial charge in [-0.3, -0.25) is 4.79 Å². The Morgan fingerprint density at radius 2 is 1.95 bits per heavy atom. The molecule has 1 aromatic rings. The van der Waals surface area contributed by atoms with Crippen molar-refractivity contribution in [3.63, 3.8) is 0 Å². The van der Waals surface area contributed by atoms with Crippen molar-refractivity contribution in [2.75, 3.05) is 19.3 Å². The summed E-state index contributed by atoms with van der Waals surface area (Å²) in [6.45, 7) is 4.47. The topological polar surface area (TPSA) is 66.5 Å². The summed E-state index contributed by atoms with van der Waals surface area (Å²) in [5.41, 5.74) is 0.797. The molecule has 0 heterocycles. The van der Waals surface area contributed by atoms with Gasteiger partial charge in [-0.25, -0.2) is 8.42 Å². The molecule has 124 valence electrons. The maximum Gasteiger partial charge on any atom is 0.235 e. The molecular formula is C15H23ClN2O3S. The molecule has 0 fully saturated rings.